The van der Waals surface area contributed by atoms with Crippen LogP contribution in [0.4, 0.5) is 0 Å². The molecule has 9 heteroatoms. The Balaban J connectivity index is 1.96. The number of phenols is 1. The molecule has 0 fully saturated rings. The van der Waals surface area contributed by atoms with Gasteiger partial charge in [-0.25, -0.2) is 9.79 Å². The number of thiazole rings is 1. The van der Waals surface area contributed by atoms with Crippen LogP contribution in [0.15, 0.2) is 56.8 Å². The number of thiophene rings is 1. The van der Waals surface area contributed by atoms with Crippen LogP contribution in [0, 0.1) is 0 Å². The van der Waals surface area contributed by atoms with Crippen molar-refractivity contribution in [2.45, 2.75) is 19.9 Å². The summed E-state index contributed by atoms with van der Waals surface area (Å²) in [6.07, 6.45) is 1.58. The quantitative estimate of drug-likeness (QED) is 0.606. The number of fused-ring (bicyclic) bond motifs is 1. The molecule has 2 aromatic heterocycles. The van der Waals surface area contributed by atoms with Crippen molar-refractivity contribution in [1.29, 1.82) is 0 Å². The molecule has 0 amide bonds. The van der Waals surface area contributed by atoms with E-state index in [9.17, 15) is 14.7 Å². The number of nitrogens with zero attached hydrogens (tertiary/aromatic N) is 2. The Morgan fingerprint density at radius 3 is 2.90 bits per heavy atom. The number of aromatic hydroxyl groups is 1. The second kappa shape index (κ2) is 8.22. The summed E-state index contributed by atoms with van der Waals surface area (Å²) in [7, 11) is 0. The second-order valence-electron chi connectivity index (χ2n) is 6.52. The Hall–Kier alpha value is -2.68. The third-order valence-electron chi connectivity index (χ3n) is 4.61. The Bertz CT molecular complexity index is 1340. The first-order chi connectivity index (χ1) is 14.4. The summed E-state index contributed by atoms with van der Waals surface area (Å²) in [6.45, 7) is 3.71. The van der Waals surface area contributed by atoms with Crippen LogP contribution in [-0.4, -0.2) is 22.2 Å². The molecule has 4 rings (SSSR count). The summed E-state index contributed by atoms with van der Waals surface area (Å²) in [6, 6.07) is 7.77. The lowest BCUT2D eigenvalue weighted by molar-refractivity contribution is -0.139. The Labute approximate surface area is 184 Å². The van der Waals surface area contributed by atoms with Gasteiger partial charge in [0.1, 0.15) is 11.8 Å². The van der Waals surface area contributed by atoms with Gasteiger partial charge >= 0.3 is 5.97 Å². The van der Waals surface area contributed by atoms with Crippen LogP contribution in [-0.2, 0) is 9.53 Å². The van der Waals surface area contributed by atoms with Gasteiger partial charge in [-0.2, -0.15) is 0 Å². The standard InChI is InChI=1S/C21H17ClN2O4S2/c1-3-28-20(27)17-11(2)23-21-24(18(17)15-5-4-8-29-15)19(26)16(30-21)10-12-9-13(22)6-7-14(12)25/h4-10,18,25H,3H2,1-2H3/b16-10+. The van der Waals surface area contributed by atoms with Crippen LogP contribution in [0.3, 0.4) is 0 Å². The summed E-state index contributed by atoms with van der Waals surface area (Å²) in [5, 5.41) is 12.5. The Morgan fingerprint density at radius 2 is 2.20 bits per heavy atom. The zero-order chi connectivity index (χ0) is 21.4. The normalized spacial score (nSPS) is 16.4. The van der Waals surface area contributed by atoms with Gasteiger partial charge in [0, 0.05) is 15.5 Å². The minimum atomic E-state index is -0.615. The zero-order valence-electron chi connectivity index (χ0n) is 16.1. The average Bonchev–Trinajstić information content (AvgIpc) is 3.33. The maximum Gasteiger partial charge on any atom is 0.338 e. The molecule has 3 aromatic rings. The fourth-order valence-electron chi connectivity index (χ4n) is 3.29. The van der Waals surface area contributed by atoms with Crippen LogP contribution in [0.25, 0.3) is 6.08 Å². The van der Waals surface area contributed by atoms with E-state index in [1.165, 1.54) is 33.3 Å². The van der Waals surface area contributed by atoms with E-state index in [0.717, 1.165) is 4.88 Å². The van der Waals surface area contributed by atoms with Crippen molar-refractivity contribution in [3.8, 4) is 5.75 Å². The van der Waals surface area contributed by atoms with Gasteiger partial charge in [0.2, 0.25) is 0 Å². The number of allylic oxidation sites excluding steroid dienone is 1. The largest absolute Gasteiger partial charge is 0.507 e. The van der Waals surface area contributed by atoms with E-state index in [2.05, 4.69) is 4.99 Å². The second-order valence-corrected chi connectivity index (χ2v) is 8.95. The maximum absolute atomic E-state index is 13.3. The van der Waals surface area contributed by atoms with Gasteiger partial charge in [-0.05, 0) is 49.6 Å². The summed E-state index contributed by atoms with van der Waals surface area (Å²) in [5.41, 5.74) is 1.00. The lowest BCUT2D eigenvalue weighted by Gasteiger charge is -2.23. The minimum absolute atomic E-state index is 0.0171. The number of rotatable bonds is 4. The van der Waals surface area contributed by atoms with Crippen molar-refractivity contribution in [3.05, 3.63) is 82.1 Å². The maximum atomic E-state index is 13.3. The van der Waals surface area contributed by atoms with Crippen molar-refractivity contribution in [2.24, 2.45) is 4.99 Å². The van der Waals surface area contributed by atoms with E-state index in [4.69, 9.17) is 16.3 Å². The van der Waals surface area contributed by atoms with Crippen LogP contribution in [0.2, 0.25) is 5.02 Å². The molecule has 154 valence electrons. The number of benzene rings is 1. The SMILES string of the molecule is CCOC(=O)C1=C(C)N=c2s/c(=C/c3cc(Cl)ccc3O)c(=O)n2C1c1cccs1. The molecule has 1 aromatic carbocycles. The fraction of sp³-hybridized carbons (Fsp3) is 0.190. The third kappa shape index (κ3) is 3.62. The van der Waals surface area contributed by atoms with Gasteiger partial charge in [-0.1, -0.05) is 29.0 Å². The number of ether oxygens (including phenoxy) is 1. The van der Waals surface area contributed by atoms with Crippen LogP contribution in [0.5, 0.6) is 5.75 Å². The molecule has 1 unspecified atom stereocenters. The summed E-state index contributed by atoms with van der Waals surface area (Å²) in [5.74, 6) is -0.470. The van der Waals surface area contributed by atoms with Crippen molar-refractivity contribution in [3.63, 3.8) is 0 Å². The summed E-state index contributed by atoms with van der Waals surface area (Å²) < 4.78 is 7.14. The molecule has 1 atom stereocenters. The topological polar surface area (TPSA) is 80.9 Å². The molecule has 0 bridgehead atoms. The first-order valence-electron chi connectivity index (χ1n) is 9.12. The first-order valence-corrected chi connectivity index (χ1v) is 11.2. The number of halogens is 1. The monoisotopic (exact) mass is 460 g/mol. The molecular weight excluding hydrogens is 444 g/mol. The van der Waals surface area contributed by atoms with Gasteiger partial charge in [-0.3, -0.25) is 9.36 Å². The van der Waals surface area contributed by atoms with E-state index in [1.54, 1.807) is 32.1 Å². The molecule has 0 saturated heterocycles. The average molecular weight is 461 g/mol. The number of esters is 1. The molecule has 3 heterocycles. The lowest BCUT2D eigenvalue weighted by Crippen LogP contribution is -2.39. The van der Waals surface area contributed by atoms with Gasteiger partial charge in [0.15, 0.2) is 4.80 Å². The van der Waals surface area contributed by atoms with Crippen LogP contribution >= 0.6 is 34.3 Å². The van der Waals surface area contributed by atoms with Gasteiger partial charge in [0.05, 0.1) is 22.4 Å². The highest BCUT2D eigenvalue weighted by atomic mass is 35.5. The highest BCUT2D eigenvalue weighted by molar-refractivity contribution is 7.10. The molecular formula is C21H17ClN2O4S2. The number of hydrogen-bond donors (Lipinski definition) is 1. The summed E-state index contributed by atoms with van der Waals surface area (Å²) >= 11 is 8.68. The Morgan fingerprint density at radius 1 is 1.40 bits per heavy atom. The van der Waals surface area contributed by atoms with Crippen molar-refractivity contribution in [2.75, 3.05) is 6.61 Å². The third-order valence-corrected chi connectivity index (χ3v) is 6.75. The van der Waals surface area contributed by atoms with E-state index in [-0.39, 0.29) is 17.9 Å². The molecule has 1 N–H and O–H groups in total. The highest BCUT2D eigenvalue weighted by Crippen LogP contribution is 2.33. The number of aromatic nitrogens is 1. The van der Waals surface area contributed by atoms with Crippen molar-refractivity contribution < 1.29 is 14.6 Å². The molecule has 30 heavy (non-hydrogen) atoms. The number of carbonyl (C=O) groups is 1. The van der Waals surface area contributed by atoms with Gasteiger partial charge in [-0.15, -0.1) is 11.3 Å². The number of hydrogen-bond acceptors (Lipinski definition) is 7. The summed E-state index contributed by atoms with van der Waals surface area (Å²) in [4.78, 5) is 31.9. The fourth-order valence-corrected chi connectivity index (χ4v) is 5.33. The van der Waals surface area contributed by atoms with E-state index in [1.807, 2.05) is 17.5 Å². The smallest absolute Gasteiger partial charge is 0.338 e. The highest BCUT2D eigenvalue weighted by Gasteiger charge is 2.33. The molecule has 0 radical (unpaired) electrons. The van der Waals surface area contributed by atoms with Gasteiger partial charge < -0.3 is 9.84 Å². The minimum Gasteiger partial charge on any atom is -0.507 e. The van der Waals surface area contributed by atoms with Crippen LogP contribution < -0.4 is 14.9 Å². The van der Waals surface area contributed by atoms with E-state index >= 15 is 0 Å². The molecule has 0 aliphatic carbocycles. The first kappa shape index (κ1) is 20.6. The molecule has 0 saturated carbocycles. The zero-order valence-corrected chi connectivity index (χ0v) is 18.5. The Kier molecular flexibility index (Phi) is 5.64. The van der Waals surface area contributed by atoms with E-state index < -0.39 is 12.0 Å². The van der Waals surface area contributed by atoms with Crippen molar-refractivity contribution >= 4 is 46.3 Å². The molecule has 1 aliphatic heterocycles. The molecule has 1 aliphatic rings. The number of carbonyl (C=O) groups excluding carboxylic acids is 1. The molecule has 0 spiro atoms. The number of phenolic OH excluding ortho intramolecular Hbond substituents is 1. The van der Waals surface area contributed by atoms with Gasteiger partial charge in [0.25, 0.3) is 5.56 Å². The van der Waals surface area contributed by atoms with E-state index in [0.29, 0.717) is 31.2 Å². The van der Waals surface area contributed by atoms with Crippen LogP contribution in [0.1, 0.15) is 30.3 Å². The lowest BCUT2D eigenvalue weighted by atomic mass is 10.0. The predicted octanol–water partition coefficient (Wildman–Crippen LogP) is 3.22. The predicted molar refractivity (Wildman–Crippen MR) is 118 cm³/mol. The van der Waals surface area contributed by atoms with Crippen molar-refractivity contribution in [1.82, 2.24) is 4.57 Å². The molecule has 6 nitrogen and oxygen atoms in total.